The molecule has 0 bridgehead atoms. The number of likely N-dealkylation sites (N-methyl/N-ethyl adjacent to an activating group) is 1. The summed E-state index contributed by atoms with van der Waals surface area (Å²) in [4.78, 5) is 24.7. The quantitative estimate of drug-likeness (QED) is 0.732. The second kappa shape index (κ2) is 7.37. The Balaban J connectivity index is 1.60. The smallest absolute Gasteiger partial charge is 0.254 e. The highest BCUT2D eigenvalue weighted by Gasteiger charge is 2.37. The van der Waals surface area contributed by atoms with Crippen LogP contribution in [0.3, 0.4) is 0 Å². The number of aromatic nitrogens is 2. The molecule has 1 aliphatic heterocycles. The zero-order chi connectivity index (χ0) is 19.8. The highest BCUT2D eigenvalue weighted by Crippen LogP contribution is 2.31. The maximum atomic E-state index is 13.2. The fourth-order valence-electron chi connectivity index (χ4n) is 4.07. The van der Waals surface area contributed by atoms with Gasteiger partial charge in [-0.05, 0) is 44.8 Å². The molecular weight excluding hydrogens is 352 g/mol. The van der Waals surface area contributed by atoms with Crippen molar-refractivity contribution in [2.75, 3.05) is 27.2 Å². The molecule has 1 amide bonds. The van der Waals surface area contributed by atoms with Gasteiger partial charge in [0.1, 0.15) is 12.4 Å². The summed E-state index contributed by atoms with van der Waals surface area (Å²) in [5, 5.41) is 9.25. The summed E-state index contributed by atoms with van der Waals surface area (Å²) < 4.78 is 0. The molecule has 2 aromatic carbocycles. The number of nitrogens with one attached hydrogen (secondary N) is 1. The molecule has 6 heteroatoms. The molecule has 1 fully saturated rings. The largest absolute Gasteiger partial charge is 0.388 e. The summed E-state index contributed by atoms with van der Waals surface area (Å²) in [6.45, 7) is 3.35. The van der Waals surface area contributed by atoms with E-state index in [4.69, 9.17) is 0 Å². The van der Waals surface area contributed by atoms with Crippen molar-refractivity contribution in [3.63, 3.8) is 0 Å². The van der Waals surface area contributed by atoms with Crippen LogP contribution in [0.2, 0.25) is 0 Å². The van der Waals surface area contributed by atoms with E-state index in [-0.39, 0.29) is 24.5 Å². The number of hydrogen-bond acceptors (Lipinski definition) is 4. The van der Waals surface area contributed by atoms with E-state index in [0.29, 0.717) is 24.5 Å². The molecule has 0 radical (unpaired) electrons. The highest BCUT2D eigenvalue weighted by molar-refractivity contribution is 5.97. The Hall–Kier alpha value is -2.70. The second-order valence-corrected chi connectivity index (χ2v) is 7.83. The summed E-state index contributed by atoms with van der Waals surface area (Å²) in [6.07, 6.45) is 0. The van der Waals surface area contributed by atoms with E-state index in [9.17, 15) is 9.90 Å². The Labute approximate surface area is 164 Å². The molecule has 1 aromatic heterocycles. The predicted octanol–water partition coefficient (Wildman–Crippen LogP) is 2.53. The Morgan fingerprint density at radius 3 is 2.64 bits per heavy atom. The molecule has 3 aromatic rings. The molecule has 2 N–H and O–H groups in total. The van der Waals surface area contributed by atoms with Crippen LogP contribution in [0.5, 0.6) is 0 Å². The van der Waals surface area contributed by atoms with Crippen LogP contribution in [-0.4, -0.2) is 64.0 Å². The van der Waals surface area contributed by atoms with E-state index in [0.717, 1.165) is 11.0 Å². The number of likely N-dealkylation sites (tertiary alicyclic amines) is 1. The minimum Gasteiger partial charge on any atom is -0.388 e. The van der Waals surface area contributed by atoms with E-state index >= 15 is 0 Å². The zero-order valence-electron chi connectivity index (χ0n) is 16.5. The summed E-state index contributed by atoms with van der Waals surface area (Å²) >= 11 is 0. The standard InChI is InChI=1S/C22H26N4O2/c1-14-4-6-15(7-5-14)17-11-26(12-20(17)25(2)3)22(28)16-8-9-18-19(10-16)24-21(13-27)23-18/h4-10,17,20,27H,11-13H2,1-3H3,(H,23,24)/t17-,20+/m0/s1. The maximum absolute atomic E-state index is 13.2. The SMILES string of the molecule is Cc1ccc([C@@H]2CN(C(=O)c3ccc4nc(CO)[nH]c4c3)C[C@H]2N(C)C)cc1. The number of H-pyrrole nitrogens is 1. The third-order valence-corrected chi connectivity index (χ3v) is 5.67. The number of aromatic amines is 1. The number of nitrogens with zero attached hydrogens (tertiary/aromatic N) is 3. The molecule has 0 spiro atoms. The third kappa shape index (κ3) is 3.41. The first-order valence-corrected chi connectivity index (χ1v) is 9.58. The normalized spacial score (nSPS) is 19.7. The summed E-state index contributed by atoms with van der Waals surface area (Å²) in [5.41, 5.74) is 4.68. The molecule has 1 aliphatic rings. The number of carbonyl (C=O) groups is 1. The van der Waals surface area contributed by atoms with Crippen molar-refractivity contribution >= 4 is 16.9 Å². The number of aliphatic hydroxyl groups is 1. The van der Waals surface area contributed by atoms with Gasteiger partial charge in [0, 0.05) is 30.6 Å². The molecule has 1 saturated heterocycles. The lowest BCUT2D eigenvalue weighted by Gasteiger charge is -2.25. The topological polar surface area (TPSA) is 72.5 Å². The van der Waals surface area contributed by atoms with Crippen LogP contribution in [0.15, 0.2) is 42.5 Å². The molecule has 2 atom stereocenters. The first-order valence-electron chi connectivity index (χ1n) is 9.58. The van der Waals surface area contributed by atoms with Gasteiger partial charge in [-0.2, -0.15) is 0 Å². The average Bonchev–Trinajstić information content (AvgIpc) is 3.31. The number of aliphatic hydroxyl groups excluding tert-OH is 1. The van der Waals surface area contributed by atoms with Gasteiger partial charge in [-0.25, -0.2) is 4.98 Å². The lowest BCUT2D eigenvalue weighted by molar-refractivity contribution is 0.0782. The maximum Gasteiger partial charge on any atom is 0.254 e. The Morgan fingerprint density at radius 2 is 1.96 bits per heavy atom. The molecule has 0 unspecified atom stereocenters. The van der Waals surface area contributed by atoms with Gasteiger partial charge in [-0.1, -0.05) is 29.8 Å². The Bertz CT molecular complexity index is 993. The summed E-state index contributed by atoms with van der Waals surface area (Å²) in [5.74, 6) is 0.827. The second-order valence-electron chi connectivity index (χ2n) is 7.83. The molecule has 6 nitrogen and oxygen atoms in total. The third-order valence-electron chi connectivity index (χ3n) is 5.67. The van der Waals surface area contributed by atoms with E-state index in [2.05, 4.69) is 60.2 Å². The number of hydrogen-bond donors (Lipinski definition) is 2. The van der Waals surface area contributed by atoms with Crippen molar-refractivity contribution in [2.24, 2.45) is 0 Å². The monoisotopic (exact) mass is 378 g/mol. The van der Waals surface area contributed by atoms with Crippen LogP contribution < -0.4 is 0 Å². The van der Waals surface area contributed by atoms with Crippen molar-refractivity contribution in [3.8, 4) is 0 Å². The van der Waals surface area contributed by atoms with Crippen LogP contribution in [0, 0.1) is 6.92 Å². The van der Waals surface area contributed by atoms with Gasteiger partial charge in [0.25, 0.3) is 5.91 Å². The Morgan fingerprint density at radius 1 is 1.21 bits per heavy atom. The molecule has 28 heavy (non-hydrogen) atoms. The number of rotatable bonds is 4. The highest BCUT2D eigenvalue weighted by atomic mass is 16.3. The minimum atomic E-state index is -0.146. The van der Waals surface area contributed by atoms with Gasteiger partial charge in [0.15, 0.2) is 0 Å². The van der Waals surface area contributed by atoms with Crippen LogP contribution in [0.4, 0.5) is 0 Å². The number of fused-ring (bicyclic) bond motifs is 1. The van der Waals surface area contributed by atoms with Gasteiger partial charge < -0.3 is 19.9 Å². The number of imidazole rings is 1. The van der Waals surface area contributed by atoms with Gasteiger partial charge in [0.05, 0.1) is 11.0 Å². The van der Waals surface area contributed by atoms with E-state index < -0.39 is 0 Å². The van der Waals surface area contributed by atoms with Gasteiger partial charge in [-0.3, -0.25) is 4.79 Å². The number of benzene rings is 2. The van der Waals surface area contributed by atoms with Crippen LogP contribution >= 0.6 is 0 Å². The van der Waals surface area contributed by atoms with Crippen LogP contribution in [0.1, 0.15) is 33.2 Å². The minimum absolute atomic E-state index is 0.0310. The van der Waals surface area contributed by atoms with Crippen molar-refractivity contribution in [1.29, 1.82) is 0 Å². The van der Waals surface area contributed by atoms with Gasteiger partial charge >= 0.3 is 0 Å². The molecule has 4 rings (SSSR count). The lowest BCUT2D eigenvalue weighted by Crippen LogP contribution is -2.35. The van der Waals surface area contributed by atoms with E-state index in [1.54, 1.807) is 0 Å². The van der Waals surface area contributed by atoms with Crippen molar-refractivity contribution < 1.29 is 9.90 Å². The molecular formula is C22H26N4O2. The van der Waals surface area contributed by atoms with E-state index in [1.807, 2.05) is 23.1 Å². The first kappa shape index (κ1) is 18.7. The van der Waals surface area contributed by atoms with Crippen LogP contribution in [0.25, 0.3) is 11.0 Å². The average molecular weight is 378 g/mol. The van der Waals surface area contributed by atoms with E-state index in [1.165, 1.54) is 11.1 Å². The number of carbonyl (C=O) groups excluding carboxylic acids is 1. The van der Waals surface area contributed by atoms with Crippen LogP contribution in [-0.2, 0) is 6.61 Å². The molecule has 0 saturated carbocycles. The molecule has 146 valence electrons. The zero-order valence-corrected chi connectivity index (χ0v) is 16.5. The fraction of sp³-hybridized carbons (Fsp3) is 0.364. The number of amides is 1. The van der Waals surface area contributed by atoms with Gasteiger partial charge in [0.2, 0.25) is 0 Å². The Kier molecular flexibility index (Phi) is 4.91. The fourth-order valence-corrected chi connectivity index (χ4v) is 4.07. The van der Waals surface area contributed by atoms with Crippen molar-refractivity contribution in [2.45, 2.75) is 25.5 Å². The summed E-state index contributed by atoms with van der Waals surface area (Å²) in [7, 11) is 4.15. The summed E-state index contributed by atoms with van der Waals surface area (Å²) in [6, 6.07) is 14.4. The predicted molar refractivity (Wildman–Crippen MR) is 109 cm³/mol. The number of aryl methyl sites for hydroxylation is 1. The first-order chi connectivity index (χ1) is 13.5. The molecule has 2 heterocycles. The van der Waals surface area contributed by atoms with Crippen molar-refractivity contribution in [3.05, 3.63) is 65.0 Å². The van der Waals surface area contributed by atoms with Gasteiger partial charge in [-0.15, -0.1) is 0 Å². The lowest BCUT2D eigenvalue weighted by atomic mass is 9.93. The van der Waals surface area contributed by atoms with Crippen molar-refractivity contribution in [1.82, 2.24) is 19.8 Å². The molecule has 0 aliphatic carbocycles.